The number of ketones is 2. The molecule has 2 saturated heterocycles. The lowest BCUT2D eigenvalue weighted by molar-refractivity contribution is -0.105. The van der Waals surface area contributed by atoms with Crippen LogP contribution in [0, 0.1) is 13.8 Å². The van der Waals surface area contributed by atoms with Crippen molar-refractivity contribution in [3.8, 4) is 0 Å². The van der Waals surface area contributed by atoms with Gasteiger partial charge in [-0.2, -0.15) is 0 Å². The van der Waals surface area contributed by atoms with Crippen LogP contribution in [0.5, 0.6) is 0 Å². The molecule has 0 radical (unpaired) electrons. The van der Waals surface area contributed by atoms with Crippen molar-refractivity contribution in [2.45, 2.75) is 51.2 Å². The third-order valence-electron chi connectivity index (χ3n) is 6.82. The van der Waals surface area contributed by atoms with Gasteiger partial charge in [-0.1, -0.05) is 48.5 Å². The van der Waals surface area contributed by atoms with Gasteiger partial charge in [0.05, 0.1) is 0 Å². The molecule has 2 heterocycles. The van der Waals surface area contributed by atoms with Crippen molar-refractivity contribution in [2.24, 2.45) is 0 Å². The minimum Gasteiger partial charge on any atom is -0.382 e. The summed E-state index contributed by atoms with van der Waals surface area (Å²) in [6.45, 7) is 5.30. The maximum absolute atomic E-state index is 13.7. The van der Waals surface area contributed by atoms with Crippen molar-refractivity contribution in [3.05, 3.63) is 70.8 Å². The van der Waals surface area contributed by atoms with Gasteiger partial charge in [-0.3, -0.25) is 19.8 Å². The van der Waals surface area contributed by atoms with Crippen molar-refractivity contribution in [1.82, 2.24) is 15.1 Å². The van der Waals surface area contributed by atoms with E-state index in [2.05, 4.69) is 5.32 Å². The minimum absolute atomic E-state index is 0.144. The first-order chi connectivity index (χ1) is 17.1. The van der Waals surface area contributed by atoms with E-state index in [0.29, 0.717) is 17.7 Å². The molecule has 2 aliphatic rings. The number of hydrogen-bond donors (Lipinski definition) is 3. The number of carbonyl (C=O) groups excluding carboxylic acids is 4. The lowest BCUT2D eigenvalue weighted by Crippen LogP contribution is -2.61. The van der Waals surface area contributed by atoms with Crippen molar-refractivity contribution in [3.63, 3.8) is 0 Å². The third-order valence-corrected chi connectivity index (χ3v) is 6.82. The topological polar surface area (TPSA) is 136 Å². The summed E-state index contributed by atoms with van der Waals surface area (Å²) in [7, 11) is 0. The van der Waals surface area contributed by atoms with Crippen LogP contribution < -0.4 is 5.32 Å². The fourth-order valence-corrected chi connectivity index (χ4v) is 4.68. The molecule has 2 aromatic rings. The van der Waals surface area contributed by atoms with Gasteiger partial charge in [0.2, 0.25) is 0 Å². The molecule has 4 rings (SSSR count). The molecule has 0 spiro atoms. The Kier molecular flexibility index (Phi) is 6.94. The predicted octanol–water partition coefficient (Wildman–Crippen LogP) is 2.00. The van der Waals surface area contributed by atoms with Gasteiger partial charge in [0.1, 0.15) is 25.1 Å². The fourth-order valence-electron chi connectivity index (χ4n) is 4.68. The highest BCUT2D eigenvalue weighted by Crippen LogP contribution is 2.39. The van der Waals surface area contributed by atoms with Crippen LogP contribution in [-0.4, -0.2) is 80.9 Å². The Balaban J connectivity index is 1.72. The summed E-state index contributed by atoms with van der Waals surface area (Å²) in [6, 6.07) is 11.9. The van der Waals surface area contributed by atoms with Crippen molar-refractivity contribution in [1.29, 1.82) is 0 Å². The van der Waals surface area contributed by atoms with Crippen LogP contribution in [0.3, 0.4) is 0 Å². The molecule has 10 heteroatoms. The highest BCUT2D eigenvalue weighted by Gasteiger charge is 2.59. The lowest BCUT2D eigenvalue weighted by Gasteiger charge is -2.37. The molecule has 0 aliphatic carbocycles. The normalized spacial score (nSPS) is 25.0. The first-order valence-corrected chi connectivity index (χ1v) is 11.7. The lowest BCUT2D eigenvalue weighted by atomic mass is 9.81. The summed E-state index contributed by atoms with van der Waals surface area (Å²) < 4.78 is 5.93. The number of rotatable bonds is 7. The molecule has 0 aromatic heterocycles. The Bertz CT molecular complexity index is 1220. The molecule has 4 amide bonds. The maximum Gasteiger partial charge on any atom is 0.328 e. The average Bonchev–Trinajstić information content (AvgIpc) is 3.21. The van der Waals surface area contributed by atoms with Crippen LogP contribution in [0.4, 0.5) is 9.59 Å². The molecular formula is C26H29N3O7. The van der Waals surface area contributed by atoms with Gasteiger partial charge < -0.3 is 19.8 Å². The quantitative estimate of drug-likeness (QED) is 0.500. The molecule has 0 saturated carbocycles. The number of amides is 4. The first kappa shape index (κ1) is 25.5. The Morgan fingerprint density at radius 3 is 2.22 bits per heavy atom. The second kappa shape index (κ2) is 9.81. The second-order valence-corrected chi connectivity index (χ2v) is 9.11. The SMILES string of the molecule is CCN1CN([C@@H]2C[C@@](O)(C(=O)c3ccccc3C)[C@@H](C(O)C(=O)c3ccccc3C)O2)C(=O)NC1=O. The van der Waals surface area contributed by atoms with E-state index in [1.807, 2.05) is 0 Å². The number of Topliss-reactive ketones (excluding diaryl/α,β-unsaturated/α-hetero) is 2. The number of nitrogens with one attached hydrogen (secondary N) is 1. The molecule has 0 bridgehead atoms. The zero-order valence-electron chi connectivity index (χ0n) is 20.3. The van der Waals surface area contributed by atoms with Gasteiger partial charge >= 0.3 is 12.1 Å². The number of urea groups is 2. The molecular weight excluding hydrogens is 466 g/mol. The van der Waals surface area contributed by atoms with Crippen LogP contribution in [0.25, 0.3) is 0 Å². The molecule has 3 N–H and O–H groups in total. The van der Waals surface area contributed by atoms with Crippen LogP contribution in [0.1, 0.15) is 45.2 Å². The van der Waals surface area contributed by atoms with E-state index < -0.39 is 54.1 Å². The zero-order chi connectivity index (χ0) is 26.2. The van der Waals surface area contributed by atoms with E-state index >= 15 is 0 Å². The molecule has 36 heavy (non-hydrogen) atoms. The maximum atomic E-state index is 13.7. The Hall–Kier alpha value is -3.60. The van der Waals surface area contributed by atoms with Gasteiger partial charge in [0.15, 0.2) is 17.2 Å². The van der Waals surface area contributed by atoms with Crippen molar-refractivity contribution >= 4 is 23.6 Å². The molecule has 1 unspecified atom stereocenters. The highest BCUT2D eigenvalue weighted by molar-refractivity contribution is 6.06. The molecule has 4 atom stereocenters. The van der Waals surface area contributed by atoms with Crippen LogP contribution in [-0.2, 0) is 4.74 Å². The van der Waals surface area contributed by atoms with Crippen molar-refractivity contribution < 1.29 is 34.1 Å². The summed E-state index contributed by atoms with van der Waals surface area (Å²) in [5.74, 6) is -1.45. The summed E-state index contributed by atoms with van der Waals surface area (Å²) >= 11 is 0. The Morgan fingerprint density at radius 2 is 1.64 bits per heavy atom. The van der Waals surface area contributed by atoms with E-state index in [4.69, 9.17) is 4.74 Å². The second-order valence-electron chi connectivity index (χ2n) is 9.11. The van der Waals surface area contributed by atoms with Crippen LogP contribution in [0.2, 0.25) is 0 Å². The number of hydrogen-bond acceptors (Lipinski definition) is 7. The number of aliphatic hydroxyl groups is 2. The molecule has 2 aliphatic heterocycles. The number of benzene rings is 2. The number of imide groups is 1. The summed E-state index contributed by atoms with van der Waals surface area (Å²) in [6.07, 6.45) is -5.15. The minimum atomic E-state index is -2.33. The van der Waals surface area contributed by atoms with E-state index in [1.54, 1.807) is 69.3 Å². The molecule has 10 nitrogen and oxygen atoms in total. The zero-order valence-corrected chi connectivity index (χ0v) is 20.3. The summed E-state index contributed by atoms with van der Waals surface area (Å²) in [4.78, 5) is 54.1. The van der Waals surface area contributed by atoms with Crippen LogP contribution in [0.15, 0.2) is 48.5 Å². The van der Waals surface area contributed by atoms with E-state index in [0.717, 1.165) is 4.90 Å². The van der Waals surface area contributed by atoms with E-state index in [-0.39, 0.29) is 17.8 Å². The number of nitrogens with zero attached hydrogens (tertiary/aromatic N) is 2. The average molecular weight is 496 g/mol. The Labute approximate surface area is 208 Å². The molecule has 2 aromatic carbocycles. The predicted molar refractivity (Wildman–Crippen MR) is 128 cm³/mol. The molecule has 190 valence electrons. The molecule has 2 fully saturated rings. The number of aryl methyl sites for hydroxylation is 2. The fraction of sp³-hybridized carbons (Fsp3) is 0.385. The van der Waals surface area contributed by atoms with Crippen molar-refractivity contribution in [2.75, 3.05) is 13.2 Å². The van der Waals surface area contributed by atoms with Gasteiger partial charge in [0, 0.05) is 24.1 Å². The highest BCUT2D eigenvalue weighted by atomic mass is 16.6. The monoisotopic (exact) mass is 495 g/mol. The largest absolute Gasteiger partial charge is 0.382 e. The van der Waals surface area contributed by atoms with Gasteiger partial charge in [-0.05, 0) is 31.9 Å². The third kappa shape index (κ3) is 4.39. The van der Waals surface area contributed by atoms with Gasteiger partial charge in [-0.15, -0.1) is 0 Å². The Morgan fingerprint density at radius 1 is 1.06 bits per heavy atom. The number of ether oxygens (including phenoxy) is 1. The van der Waals surface area contributed by atoms with E-state index in [9.17, 15) is 29.4 Å². The smallest absolute Gasteiger partial charge is 0.328 e. The number of aliphatic hydroxyl groups excluding tert-OH is 1. The van der Waals surface area contributed by atoms with Crippen LogP contribution >= 0.6 is 0 Å². The van der Waals surface area contributed by atoms with E-state index in [1.165, 1.54) is 4.90 Å². The summed E-state index contributed by atoms with van der Waals surface area (Å²) in [5.41, 5.74) is -0.694. The first-order valence-electron chi connectivity index (χ1n) is 11.7. The number of carbonyl (C=O) groups is 4. The van der Waals surface area contributed by atoms with Gasteiger partial charge in [-0.25, -0.2) is 9.59 Å². The standard InChI is InChI=1S/C26H29N3O7/c1-4-28-14-29(25(34)27-24(28)33)19-13-26(35,22(32)18-12-8-6-10-16(18)3)23(36-19)21(31)20(30)17-11-7-5-9-15(17)2/h5-12,19,21,23,31,35H,4,13-14H2,1-3H3,(H,27,33,34)/t19-,21?,23+,26+/m0/s1. The summed E-state index contributed by atoms with van der Waals surface area (Å²) in [5, 5.41) is 25.1. The van der Waals surface area contributed by atoms with Gasteiger partial charge in [0.25, 0.3) is 0 Å².